The second-order valence-electron chi connectivity index (χ2n) is 8.80. The molecule has 37 heavy (non-hydrogen) atoms. The van der Waals surface area contributed by atoms with Gasteiger partial charge in [-0.25, -0.2) is 4.68 Å². The maximum absolute atomic E-state index is 12.9. The summed E-state index contributed by atoms with van der Waals surface area (Å²) in [4.78, 5) is 12.9. The molecule has 5 aromatic rings. The fourth-order valence-electron chi connectivity index (χ4n) is 4.05. The van der Waals surface area contributed by atoms with Gasteiger partial charge in [0.2, 0.25) is 0 Å². The molecule has 3 aromatic carbocycles. The van der Waals surface area contributed by atoms with Crippen molar-refractivity contribution in [1.29, 1.82) is 0 Å². The van der Waals surface area contributed by atoms with Gasteiger partial charge in [-0.2, -0.15) is 5.10 Å². The Morgan fingerprint density at radius 2 is 1.70 bits per heavy atom. The molecule has 0 aliphatic carbocycles. The first kappa shape index (κ1) is 24.1. The lowest BCUT2D eigenvalue weighted by molar-refractivity contribution is 0.0942. The molecule has 0 fully saturated rings. The minimum Gasteiger partial charge on any atom is -0.494 e. The van der Waals surface area contributed by atoms with E-state index in [2.05, 4.69) is 17.4 Å². The van der Waals surface area contributed by atoms with E-state index in [9.17, 15) is 4.79 Å². The summed E-state index contributed by atoms with van der Waals surface area (Å²) < 4.78 is 12.9. The number of nitrogens with one attached hydrogen (secondary N) is 1. The highest BCUT2D eigenvalue weighted by molar-refractivity contribution is 5.93. The van der Waals surface area contributed by atoms with E-state index < -0.39 is 0 Å². The molecule has 0 saturated carbocycles. The largest absolute Gasteiger partial charge is 0.494 e. The highest BCUT2D eigenvalue weighted by atomic mass is 16.5. The number of aryl methyl sites for hydroxylation is 2. The van der Waals surface area contributed by atoms with Crippen LogP contribution in [0, 0.1) is 13.8 Å². The van der Waals surface area contributed by atoms with Gasteiger partial charge in [-0.1, -0.05) is 35.5 Å². The second kappa shape index (κ2) is 10.5. The number of hydrogen-bond acceptors (Lipinski definition) is 5. The van der Waals surface area contributed by atoms with E-state index in [4.69, 9.17) is 14.4 Å². The molecule has 0 radical (unpaired) electrons. The summed E-state index contributed by atoms with van der Waals surface area (Å²) >= 11 is 0. The summed E-state index contributed by atoms with van der Waals surface area (Å²) in [6.07, 6.45) is 1.94. The van der Waals surface area contributed by atoms with Crippen molar-refractivity contribution in [3.8, 4) is 34.0 Å². The van der Waals surface area contributed by atoms with Crippen LogP contribution >= 0.6 is 0 Å². The highest BCUT2D eigenvalue weighted by Crippen LogP contribution is 2.27. The van der Waals surface area contributed by atoms with E-state index >= 15 is 0 Å². The zero-order valence-corrected chi connectivity index (χ0v) is 21.1. The molecule has 5 rings (SSSR count). The van der Waals surface area contributed by atoms with E-state index in [1.54, 1.807) is 6.07 Å². The van der Waals surface area contributed by atoms with Gasteiger partial charge in [0.05, 0.1) is 18.0 Å². The molecule has 0 unspecified atom stereocenters. The monoisotopic (exact) mass is 492 g/mol. The van der Waals surface area contributed by atoms with Gasteiger partial charge in [0.1, 0.15) is 5.75 Å². The van der Waals surface area contributed by atoms with Gasteiger partial charge in [-0.15, -0.1) is 0 Å². The van der Waals surface area contributed by atoms with Gasteiger partial charge in [0.15, 0.2) is 11.5 Å². The first-order valence-corrected chi connectivity index (χ1v) is 12.2. The molecule has 0 atom stereocenters. The molecule has 0 aliphatic rings. The third-order valence-corrected chi connectivity index (χ3v) is 6.22. The van der Waals surface area contributed by atoms with Crippen molar-refractivity contribution >= 4 is 5.91 Å². The van der Waals surface area contributed by atoms with Crippen LogP contribution in [0.25, 0.3) is 28.3 Å². The number of aromatic nitrogens is 3. The Balaban J connectivity index is 1.38. The summed E-state index contributed by atoms with van der Waals surface area (Å²) in [5.41, 5.74) is 6.98. The third kappa shape index (κ3) is 5.30. The van der Waals surface area contributed by atoms with Crippen molar-refractivity contribution in [2.45, 2.75) is 27.3 Å². The lowest BCUT2D eigenvalue weighted by Crippen LogP contribution is -2.23. The van der Waals surface area contributed by atoms with Gasteiger partial charge in [0, 0.05) is 35.5 Å². The van der Waals surface area contributed by atoms with Crippen LogP contribution in [0.4, 0.5) is 0 Å². The molecule has 186 valence electrons. The lowest BCUT2D eigenvalue weighted by Gasteiger charge is -2.06. The van der Waals surface area contributed by atoms with Crippen LogP contribution in [0.5, 0.6) is 5.75 Å². The summed E-state index contributed by atoms with van der Waals surface area (Å²) in [6, 6.07) is 25.3. The maximum Gasteiger partial charge on any atom is 0.273 e. The number of carbonyl (C=O) groups excluding carboxylic acids is 1. The SMILES string of the molecule is CCOc1ccc(-c2nn(-c3ccccc3)cc2CNC(=O)c2cc(-c3ccc(C)c(C)c3)on2)cc1. The molecule has 7 heteroatoms. The molecule has 0 spiro atoms. The van der Waals surface area contributed by atoms with E-state index in [-0.39, 0.29) is 18.1 Å². The van der Waals surface area contributed by atoms with Gasteiger partial charge >= 0.3 is 0 Å². The minimum absolute atomic E-state index is 0.228. The number of benzene rings is 3. The fraction of sp³-hybridized carbons (Fsp3) is 0.167. The van der Waals surface area contributed by atoms with Crippen LogP contribution < -0.4 is 10.1 Å². The Morgan fingerprint density at radius 3 is 2.43 bits per heavy atom. The van der Waals surface area contributed by atoms with Crippen LogP contribution in [0.3, 0.4) is 0 Å². The molecule has 7 nitrogen and oxygen atoms in total. The number of nitrogens with zero attached hydrogens (tertiary/aromatic N) is 3. The van der Waals surface area contributed by atoms with E-state index in [0.717, 1.165) is 39.4 Å². The van der Waals surface area contributed by atoms with E-state index in [1.165, 1.54) is 5.56 Å². The summed E-state index contributed by atoms with van der Waals surface area (Å²) in [5, 5.41) is 11.8. The number of rotatable bonds is 8. The predicted octanol–water partition coefficient (Wildman–Crippen LogP) is 6.14. The van der Waals surface area contributed by atoms with Crippen molar-refractivity contribution < 1.29 is 14.1 Å². The van der Waals surface area contributed by atoms with Gasteiger partial charge in [-0.05, 0) is 74.4 Å². The summed E-state index contributed by atoms with van der Waals surface area (Å²) in [7, 11) is 0. The first-order valence-electron chi connectivity index (χ1n) is 12.2. The molecule has 2 aromatic heterocycles. The maximum atomic E-state index is 12.9. The number of hydrogen-bond donors (Lipinski definition) is 1. The normalized spacial score (nSPS) is 10.9. The quantitative estimate of drug-likeness (QED) is 0.281. The number of carbonyl (C=O) groups is 1. The number of para-hydroxylation sites is 1. The zero-order valence-electron chi connectivity index (χ0n) is 21.1. The highest BCUT2D eigenvalue weighted by Gasteiger charge is 2.17. The third-order valence-electron chi connectivity index (χ3n) is 6.22. The average Bonchev–Trinajstić information content (AvgIpc) is 3.58. The minimum atomic E-state index is -0.316. The van der Waals surface area contributed by atoms with Crippen LogP contribution in [0.1, 0.15) is 34.1 Å². The molecule has 0 aliphatic heterocycles. The first-order chi connectivity index (χ1) is 18.0. The van der Waals surface area contributed by atoms with Crippen LogP contribution in [-0.4, -0.2) is 27.5 Å². The molecule has 0 saturated heterocycles. The van der Waals surface area contributed by atoms with Crippen molar-refractivity contribution in [3.05, 3.63) is 107 Å². The van der Waals surface area contributed by atoms with Crippen LogP contribution in [-0.2, 0) is 6.54 Å². The van der Waals surface area contributed by atoms with Crippen molar-refractivity contribution in [2.75, 3.05) is 6.61 Å². The molecular formula is C30H28N4O3. The zero-order chi connectivity index (χ0) is 25.8. The Bertz CT molecular complexity index is 1520. The summed E-state index contributed by atoms with van der Waals surface area (Å²) in [6.45, 7) is 6.93. The van der Waals surface area contributed by atoms with Gasteiger partial charge < -0.3 is 14.6 Å². The Morgan fingerprint density at radius 1 is 0.946 bits per heavy atom. The topological polar surface area (TPSA) is 82.2 Å². The summed E-state index contributed by atoms with van der Waals surface area (Å²) in [5.74, 6) is 1.04. The molecule has 0 bridgehead atoms. The molecule has 1 N–H and O–H groups in total. The van der Waals surface area contributed by atoms with Crippen molar-refractivity contribution in [1.82, 2.24) is 20.3 Å². The average molecular weight is 493 g/mol. The van der Waals surface area contributed by atoms with E-state index in [0.29, 0.717) is 12.4 Å². The Labute approximate surface area is 215 Å². The Hall–Kier alpha value is -4.65. The van der Waals surface area contributed by atoms with Crippen molar-refractivity contribution in [3.63, 3.8) is 0 Å². The van der Waals surface area contributed by atoms with Crippen molar-refractivity contribution in [2.24, 2.45) is 0 Å². The number of amides is 1. The van der Waals surface area contributed by atoms with Crippen LogP contribution in [0.2, 0.25) is 0 Å². The molecule has 1 amide bonds. The lowest BCUT2D eigenvalue weighted by atomic mass is 10.0. The van der Waals surface area contributed by atoms with E-state index in [1.807, 2.05) is 97.5 Å². The van der Waals surface area contributed by atoms with Crippen LogP contribution in [0.15, 0.2) is 89.6 Å². The Kier molecular flexibility index (Phi) is 6.85. The molecular weight excluding hydrogens is 464 g/mol. The fourth-order valence-corrected chi connectivity index (χ4v) is 4.05. The van der Waals surface area contributed by atoms with Gasteiger partial charge in [0.25, 0.3) is 5.91 Å². The molecule has 2 heterocycles. The number of ether oxygens (including phenoxy) is 1. The predicted molar refractivity (Wildman–Crippen MR) is 143 cm³/mol. The second-order valence-corrected chi connectivity index (χ2v) is 8.80. The van der Waals surface area contributed by atoms with Gasteiger partial charge in [-0.3, -0.25) is 4.79 Å². The standard InChI is InChI=1S/C30H28N4O3/c1-4-36-26-14-12-22(13-15-26)29-24(19-34(32-29)25-8-6-5-7-9-25)18-31-30(35)27-17-28(37-33-27)23-11-10-20(2)21(3)16-23/h5-17,19H,4,18H2,1-3H3,(H,31,35). The smallest absolute Gasteiger partial charge is 0.273 e.